The molecule has 2 rings (SSSR count). The standard InChI is InChI=1S/C24H34O/c1-19(2)17-23-9-5-21(6-10-23)13-15-25-16-14-22-7-11-24(12-8-22)18-20(3)4/h5-12,19-20H,13-18H2,1-4H3. The Hall–Kier alpha value is -1.60. The van der Waals surface area contributed by atoms with Gasteiger partial charge >= 0.3 is 0 Å². The maximum absolute atomic E-state index is 5.83. The average molecular weight is 339 g/mol. The Morgan fingerprint density at radius 2 is 0.880 bits per heavy atom. The summed E-state index contributed by atoms with van der Waals surface area (Å²) in [5, 5.41) is 0. The lowest BCUT2D eigenvalue weighted by Crippen LogP contribution is -2.03. The molecule has 0 N–H and O–H groups in total. The summed E-state index contributed by atoms with van der Waals surface area (Å²) >= 11 is 0. The third-order valence-electron chi connectivity index (χ3n) is 4.40. The fourth-order valence-corrected chi connectivity index (χ4v) is 3.11. The molecule has 0 unspecified atom stereocenters. The van der Waals surface area contributed by atoms with Gasteiger partial charge in [-0.05, 0) is 59.8 Å². The SMILES string of the molecule is CC(C)Cc1ccc(CCOCCc2ccc(CC(C)C)cc2)cc1. The maximum Gasteiger partial charge on any atom is 0.0506 e. The molecular formula is C24H34O. The van der Waals surface area contributed by atoms with E-state index in [0.717, 1.165) is 38.9 Å². The highest BCUT2D eigenvalue weighted by Gasteiger charge is 2.00. The first-order chi connectivity index (χ1) is 12.0. The molecule has 0 aliphatic carbocycles. The van der Waals surface area contributed by atoms with E-state index in [-0.39, 0.29) is 0 Å². The molecule has 1 nitrogen and oxygen atoms in total. The van der Waals surface area contributed by atoms with E-state index in [1.165, 1.54) is 22.3 Å². The van der Waals surface area contributed by atoms with E-state index in [4.69, 9.17) is 4.74 Å². The normalized spacial score (nSPS) is 11.4. The highest BCUT2D eigenvalue weighted by Crippen LogP contribution is 2.12. The van der Waals surface area contributed by atoms with Crippen molar-refractivity contribution >= 4 is 0 Å². The van der Waals surface area contributed by atoms with Gasteiger partial charge in [-0.1, -0.05) is 76.2 Å². The van der Waals surface area contributed by atoms with Gasteiger partial charge in [0, 0.05) is 0 Å². The lowest BCUT2D eigenvalue weighted by atomic mass is 10.0. The first-order valence-corrected chi connectivity index (χ1v) is 9.76. The Balaban J connectivity index is 1.64. The summed E-state index contributed by atoms with van der Waals surface area (Å²) in [5.74, 6) is 1.43. The third-order valence-corrected chi connectivity index (χ3v) is 4.40. The second kappa shape index (κ2) is 10.4. The molecule has 1 heteroatoms. The fraction of sp³-hybridized carbons (Fsp3) is 0.500. The van der Waals surface area contributed by atoms with Crippen molar-refractivity contribution in [3.05, 3.63) is 70.8 Å². The van der Waals surface area contributed by atoms with Gasteiger partial charge in [-0.2, -0.15) is 0 Å². The molecule has 2 aromatic carbocycles. The van der Waals surface area contributed by atoms with Gasteiger partial charge < -0.3 is 4.74 Å². The third kappa shape index (κ3) is 7.88. The van der Waals surface area contributed by atoms with Crippen LogP contribution in [0, 0.1) is 11.8 Å². The molecule has 0 aromatic heterocycles. The van der Waals surface area contributed by atoms with Gasteiger partial charge in [0.2, 0.25) is 0 Å². The summed E-state index contributed by atoms with van der Waals surface area (Å²) in [6.07, 6.45) is 4.31. The van der Waals surface area contributed by atoms with Crippen LogP contribution in [0.2, 0.25) is 0 Å². The highest BCUT2D eigenvalue weighted by atomic mass is 16.5. The summed E-state index contributed by atoms with van der Waals surface area (Å²) in [6, 6.07) is 18.0. The van der Waals surface area contributed by atoms with Crippen LogP contribution in [0.15, 0.2) is 48.5 Å². The first kappa shape index (κ1) is 19.7. The van der Waals surface area contributed by atoms with Gasteiger partial charge in [0.15, 0.2) is 0 Å². The molecule has 0 heterocycles. The van der Waals surface area contributed by atoms with E-state index in [1.54, 1.807) is 0 Å². The van der Waals surface area contributed by atoms with Gasteiger partial charge in [-0.3, -0.25) is 0 Å². The summed E-state index contributed by atoms with van der Waals surface area (Å²) in [5.41, 5.74) is 5.59. The minimum atomic E-state index is 0.716. The number of hydrogen-bond acceptors (Lipinski definition) is 1. The summed E-state index contributed by atoms with van der Waals surface area (Å²) in [4.78, 5) is 0. The van der Waals surface area contributed by atoms with Gasteiger partial charge in [-0.25, -0.2) is 0 Å². The van der Waals surface area contributed by atoms with Crippen LogP contribution in [-0.2, 0) is 30.4 Å². The molecule has 0 spiro atoms. The van der Waals surface area contributed by atoms with Gasteiger partial charge in [0.25, 0.3) is 0 Å². The molecule has 0 saturated heterocycles. The molecule has 0 bridgehead atoms. The predicted octanol–water partition coefficient (Wildman–Crippen LogP) is 5.89. The van der Waals surface area contributed by atoms with Crippen LogP contribution < -0.4 is 0 Å². The smallest absolute Gasteiger partial charge is 0.0506 e. The second-order valence-corrected chi connectivity index (χ2v) is 7.94. The van der Waals surface area contributed by atoms with Crippen LogP contribution in [0.5, 0.6) is 0 Å². The van der Waals surface area contributed by atoms with Crippen molar-refractivity contribution in [1.82, 2.24) is 0 Å². The summed E-state index contributed by atoms with van der Waals surface area (Å²) < 4.78 is 5.83. The minimum Gasteiger partial charge on any atom is -0.381 e. The van der Waals surface area contributed by atoms with E-state index < -0.39 is 0 Å². The van der Waals surface area contributed by atoms with E-state index in [1.807, 2.05) is 0 Å². The lowest BCUT2D eigenvalue weighted by molar-refractivity contribution is 0.140. The van der Waals surface area contributed by atoms with Crippen LogP contribution in [-0.4, -0.2) is 13.2 Å². The van der Waals surface area contributed by atoms with Crippen LogP contribution in [0.3, 0.4) is 0 Å². The largest absolute Gasteiger partial charge is 0.381 e. The molecule has 136 valence electrons. The second-order valence-electron chi connectivity index (χ2n) is 7.94. The topological polar surface area (TPSA) is 9.23 Å². The molecule has 25 heavy (non-hydrogen) atoms. The maximum atomic E-state index is 5.83. The zero-order valence-electron chi connectivity index (χ0n) is 16.4. The molecule has 0 atom stereocenters. The van der Waals surface area contributed by atoms with E-state index in [2.05, 4.69) is 76.2 Å². The molecule has 0 amide bonds. The number of hydrogen-bond donors (Lipinski definition) is 0. The van der Waals surface area contributed by atoms with E-state index in [0.29, 0.717) is 11.8 Å². The Morgan fingerprint density at radius 1 is 0.560 bits per heavy atom. The minimum absolute atomic E-state index is 0.716. The van der Waals surface area contributed by atoms with Gasteiger partial charge in [0.05, 0.1) is 13.2 Å². The molecule has 0 aliphatic heterocycles. The highest BCUT2D eigenvalue weighted by molar-refractivity contribution is 5.24. The molecule has 0 saturated carbocycles. The van der Waals surface area contributed by atoms with Crippen LogP contribution in [0.1, 0.15) is 49.9 Å². The van der Waals surface area contributed by atoms with Crippen molar-refractivity contribution in [3.8, 4) is 0 Å². The Bertz CT molecular complexity index is 537. The molecule has 0 aliphatic rings. The predicted molar refractivity (Wildman–Crippen MR) is 108 cm³/mol. The fourth-order valence-electron chi connectivity index (χ4n) is 3.11. The van der Waals surface area contributed by atoms with Crippen molar-refractivity contribution < 1.29 is 4.74 Å². The van der Waals surface area contributed by atoms with Gasteiger partial charge in [0.1, 0.15) is 0 Å². The average Bonchev–Trinajstić information content (AvgIpc) is 2.56. The molecule has 2 aromatic rings. The van der Waals surface area contributed by atoms with E-state index in [9.17, 15) is 0 Å². The van der Waals surface area contributed by atoms with E-state index >= 15 is 0 Å². The lowest BCUT2D eigenvalue weighted by Gasteiger charge is -2.08. The number of benzene rings is 2. The number of rotatable bonds is 10. The van der Waals surface area contributed by atoms with Crippen molar-refractivity contribution in [1.29, 1.82) is 0 Å². The monoisotopic (exact) mass is 338 g/mol. The van der Waals surface area contributed by atoms with Crippen molar-refractivity contribution in [2.75, 3.05) is 13.2 Å². The summed E-state index contributed by atoms with van der Waals surface area (Å²) in [7, 11) is 0. The van der Waals surface area contributed by atoms with Crippen molar-refractivity contribution in [3.63, 3.8) is 0 Å². The first-order valence-electron chi connectivity index (χ1n) is 9.76. The van der Waals surface area contributed by atoms with Crippen molar-refractivity contribution in [2.24, 2.45) is 11.8 Å². The van der Waals surface area contributed by atoms with Crippen LogP contribution in [0.4, 0.5) is 0 Å². The van der Waals surface area contributed by atoms with Gasteiger partial charge in [-0.15, -0.1) is 0 Å². The molecule has 0 radical (unpaired) electrons. The summed E-state index contributed by atoms with van der Waals surface area (Å²) in [6.45, 7) is 10.7. The Kier molecular flexibility index (Phi) is 8.21. The molecule has 0 fully saturated rings. The molecular weight excluding hydrogens is 304 g/mol. The quantitative estimate of drug-likeness (QED) is 0.491. The Labute approximate surface area is 154 Å². The van der Waals surface area contributed by atoms with Crippen LogP contribution in [0.25, 0.3) is 0 Å². The van der Waals surface area contributed by atoms with Crippen LogP contribution >= 0.6 is 0 Å². The zero-order chi connectivity index (χ0) is 18.1. The van der Waals surface area contributed by atoms with Crippen molar-refractivity contribution in [2.45, 2.75) is 53.4 Å². The Morgan fingerprint density at radius 3 is 1.20 bits per heavy atom. The zero-order valence-corrected chi connectivity index (χ0v) is 16.4. The number of ether oxygens (including phenoxy) is 1.